The molecule has 194 valence electrons. The lowest BCUT2D eigenvalue weighted by atomic mass is 9.90. The van der Waals surface area contributed by atoms with Gasteiger partial charge in [-0.15, -0.1) is 0 Å². The number of hydrogen-bond donors (Lipinski definition) is 3. The second-order valence-corrected chi connectivity index (χ2v) is 9.41. The summed E-state index contributed by atoms with van der Waals surface area (Å²) in [6.45, 7) is 4.47. The van der Waals surface area contributed by atoms with E-state index < -0.39 is 0 Å². The lowest BCUT2D eigenvalue weighted by Gasteiger charge is -2.24. The van der Waals surface area contributed by atoms with Gasteiger partial charge in [0.05, 0.1) is 26.4 Å². The van der Waals surface area contributed by atoms with E-state index in [1.165, 1.54) is 96.3 Å². The highest BCUT2D eigenvalue weighted by atomic mass is 16.5. The molecule has 1 unspecified atom stereocenters. The monoisotopic (exact) mass is 459 g/mol. The smallest absolute Gasteiger partial charge is 0.0697 e. The van der Waals surface area contributed by atoms with Crippen LogP contribution in [0.1, 0.15) is 122 Å². The molecule has 0 radical (unpaired) electrons. The molecule has 0 aromatic heterocycles. The fraction of sp³-hybridized carbons (Fsp3) is 1.00. The van der Waals surface area contributed by atoms with Gasteiger partial charge >= 0.3 is 0 Å². The number of unbranched alkanes of at least 4 members (excludes halogenated alkanes) is 14. The lowest BCUT2D eigenvalue weighted by Crippen LogP contribution is -2.32. The molecule has 5 nitrogen and oxygen atoms in total. The van der Waals surface area contributed by atoms with Crippen molar-refractivity contribution >= 4 is 0 Å². The summed E-state index contributed by atoms with van der Waals surface area (Å²) in [5.41, 5.74) is 6.49. The fourth-order valence-electron chi connectivity index (χ4n) is 4.36. The van der Waals surface area contributed by atoms with Gasteiger partial charge in [-0.3, -0.25) is 0 Å². The van der Waals surface area contributed by atoms with E-state index in [1.54, 1.807) is 0 Å². The number of aliphatic hydroxyl groups is 2. The van der Waals surface area contributed by atoms with Crippen molar-refractivity contribution in [1.82, 2.24) is 0 Å². The largest absolute Gasteiger partial charge is 0.394 e. The SMILES string of the molecule is CCCCCCCCCCCCCCCCCC(N)C(CCOCCO)CCOCCO. The normalized spacial score (nSPS) is 12.7. The number of aliphatic hydroxyl groups excluding tert-OH is 2. The molecule has 0 amide bonds. The molecule has 1 atom stereocenters. The van der Waals surface area contributed by atoms with Crippen LogP contribution >= 0.6 is 0 Å². The first kappa shape index (κ1) is 31.8. The summed E-state index contributed by atoms with van der Waals surface area (Å²) in [6.07, 6.45) is 23.6. The summed E-state index contributed by atoms with van der Waals surface area (Å²) in [5.74, 6) is 0.374. The van der Waals surface area contributed by atoms with Gasteiger partial charge in [0, 0.05) is 19.3 Å². The molecule has 0 saturated heterocycles. The minimum absolute atomic E-state index is 0.0649. The number of nitrogens with two attached hydrogens (primary N) is 1. The summed E-state index contributed by atoms with van der Waals surface area (Å²) in [6, 6.07) is 0.174. The third-order valence-corrected chi connectivity index (χ3v) is 6.48. The number of ether oxygens (including phenoxy) is 2. The van der Waals surface area contributed by atoms with Crippen LogP contribution in [0.3, 0.4) is 0 Å². The van der Waals surface area contributed by atoms with Crippen LogP contribution in [0.4, 0.5) is 0 Å². The van der Waals surface area contributed by atoms with Crippen LogP contribution in [0, 0.1) is 5.92 Å². The molecule has 0 fully saturated rings. The zero-order chi connectivity index (χ0) is 23.5. The van der Waals surface area contributed by atoms with Gasteiger partial charge in [-0.25, -0.2) is 0 Å². The molecule has 5 heteroatoms. The Bertz CT molecular complexity index is 332. The van der Waals surface area contributed by atoms with Crippen molar-refractivity contribution in [3.63, 3.8) is 0 Å². The van der Waals surface area contributed by atoms with Crippen molar-refractivity contribution in [2.24, 2.45) is 11.7 Å². The van der Waals surface area contributed by atoms with Gasteiger partial charge in [0.1, 0.15) is 0 Å². The van der Waals surface area contributed by atoms with Crippen molar-refractivity contribution in [2.75, 3.05) is 39.6 Å². The summed E-state index contributed by atoms with van der Waals surface area (Å²) < 4.78 is 10.9. The topological polar surface area (TPSA) is 84.9 Å². The van der Waals surface area contributed by atoms with E-state index >= 15 is 0 Å². The van der Waals surface area contributed by atoms with Gasteiger partial charge in [-0.2, -0.15) is 0 Å². The van der Waals surface area contributed by atoms with Crippen molar-refractivity contribution in [3.8, 4) is 0 Å². The molecule has 0 heterocycles. The van der Waals surface area contributed by atoms with E-state index in [4.69, 9.17) is 25.4 Å². The van der Waals surface area contributed by atoms with Crippen molar-refractivity contribution in [1.29, 1.82) is 0 Å². The molecule has 4 N–H and O–H groups in total. The second kappa shape index (κ2) is 27.0. The molecule has 0 bridgehead atoms. The molecule has 0 aromatic rings. The minimum Gasteiger partial charge on any atom is -0.394 e. The average Bonchev–Trinajstić information content (AvgIpc) is 2.80. The van der Waals surface area contributed by atoms with E-state index in [-0.39, 0.29) is 19.3 Å². The molecule has 0 saturated carbocycles. The Hall–Kier alpha value is -0.200. The first-order valence-corrected chi connectivity index (χ1v) is 13.9. The highest BCUT2D eigenvalue weighted by Gasteiger charge is 2.17. The minimum atomic E-state index is 0.0649. The Balaban J connectivity index is 3.62. The maximum Gasteiger partial charge on any atom is 0.0697 e. The Labute approximate surface area is 199 Å². The van der Waals surface area contributed by atoms with Gasteiger partial charge in [0.25, 0.3) is 0 Å². The molecular formula is C27H57NO4. The predicted octanol–water partition coefficient (Wildman–Crippen LogP) is 5.99. The van der Waals surface area contributed by atoms with Gasteiger partial charge in [-0.1, -0.05) is 103 Å². The molecule has 0 rings (SSSR count). The number of hydrogen-bond acceptors (Lipinski definition) is 5. The molecular weight excluding hydrogens is 402 g/mol. The van der Waals surface area contributed by atoms with Gasteiger partial charge in [-0.05, 0) is 25.2 Å². The maximum atomic E-state index is 8.85. The first-order valence-electron chi connectivity index (χ1n) is 13.9. The van der Waals surface area contributed by atoms with Crippen LogP contribution in [-0.2, 0) is 9.47 Å². The third kappa shape index (κ3) is 23.0. The predicted molar refractivity (Wildman–Crippen MR) is 136 cm³/mol. The van der Waals surface area contributed by atoms with Crippen LogP contribution in [-0.4, -0.2) is 55.9 Å². The van der Waals surface area contributed by atoms with E-state index in [2.05, 4.69) is 6.92 Å². The van der Waals surface area contributed by atoms with Crippen molar-refractivity contribution < 1.29 is 19.7 Å². The molecule has 0 spiro atoms. The standard InChI is InChI=1S/C27H57NO4/c1-2-3-4-5-6-7-8-9-10-11-12-13-14-15-16-17-27(28)26(18-22-31-24-20-29)19-23-32-25-21-30/h26-27,29-30H,2-25,28H2,1H3. The van der Waals surface area contributed by atoms with E-state index in [1.807, 2.05) is 0 Å². The fourth-order valence-corrected chi connectivity index (χ4v) is 4.36. The Morgan fingerprint density at radius 2 is 0.906 bits per heavy atom. The van der Waals surface area contributed by atoms with Crippen LogP contribution in [0.2, 0.25) is 0 Å². The van der Waals surface area contributed by atoms with Gasteiger partial charge < -0.3 is 25.4 Å². The van der Waals surface area contributed by atoms with Crippen molar-refractivity contribution in [2.45, 2.75) is 129 Å². The third-order valence-electron chi connectivity index (χ3n) is 6.48. The van der Waals surface area contributed by atoms with Crippen LogP contribution in [0.15, 0.2) is 0 Å². The quantitative estimate of drug-likeness (QED) is 0.131. The lowest BCUT2D eigenvalue weighted by molar-refractivity contribution is 0.0612. The van der Waals surface area contributed by atoms with Gasteiger partial charge in [0.15, 0.2) is 0 Å². The van der Waals surface area contributed by atoms with E-state index in [9.17, 15) is 0 Å². The van der Waals surface area contributed by atoms with Crippen LogP contribution in [0.5, 0.6) is 0 Å². The van der Waals surface area contributed by atoms with Crippen LogP contribution < -0.4 is 5.73 Å². The summed E-state index contributed by atoms with van der Waals surface area (Å²) in [7, 11) is 0. The Morgan fingerprint density at radius 3 is 1.28 bits per heavy atom. The zero-order valence-electron chi connectivity index (χ0n) is 21.4. The molecule has 32 heavy (non-hydrogen) atoms. The Morgan fingerprint density at radius 1 is 0.531 bits per heavy atom. The highest BCUT2D eigenvalue weighted by Crippen LogP contribution is 2.19. The maximum absolute atomic E-state index is 8.85. The van der Waals surface area contributed by atoms with Crippen molar-refractivity contribution in [3.05, 3.63) is 0 Å². The second-order valence-electron chi connectivity index (χ2n) is 9.41. The Kier molecular flexibility index (Phi) is 26.9. The summed E-state index contributed by atoms with van der Waals surface area (Å²) >= 11 is 0. The summed E-state index contributed by atoms with van der Waals surface area (Å²) in [4.78, 5) is 0. The molecule has 0 aliphatic rings. The van der Waals surface area contributed by atoms with Gasteiger partial charge in [0.2, 0.25) is 0 Å². The zero-order valence-corrected chi connectivity index (χ0v) is 21.4. The van der Waals surface area contributed by atoms with Crippen LogP contribution in [0.25, 0.3) is 0 Å². The molecule has 0 aliphatic heterocycles. The molecule has 0 aliphatic carbocycles. The van der Waals surface area contributed by atoms with E-state index in [0.717, 1.165) is 19.3 Å². The number of rotatable bonds is 27. The van der Waals surface area contributed by atoms with E-state index in [0.29, 0.717) is 32.3 Å². The average molecular weight is 460 g/mol. The summed E-state index contributed by atoms with van der Waals surface area (Å²) in [5, 5.41) is 17.7. The molecule has 0 aromatic carbocycles. The first-order chi connectivity index (χ1) is 15.8. The highest BCUT2D eigenvalue weighted by molar-refractivity contribution is 4.73.